The zero-order valence-electron chi connectivity index (χ0n) is 19.7. The molecule has 7 nitrogen and oxygen atoms in total. The van der Waals surface area contributed by atoms with E-state index in [1.807, 2.05) is 25.1 Å². The standard InChI is InChI=1S/C25H39N3O4/c1-3-32-22-10-5-4-9-21(22)19-28-15-12-25(13-16-28)11-6-7-17-31-18-8-14-26-23(29)20(2)27-24(25)30/h4-5,9-10,20H,3,6-8,11-19H2,1-2H3,(H,26,29)(H,27,30)/t20-/m0/s1. The lowest BCUT2D eigenvalue weighted by Crippen LogP contribution is -2.53. The minimum Gasteiger partial charge on any atom is -0.494 e. The number of nitrogens with zero attached hydrogens (tertiary/aromatic N) is 1. The summed E-state index contributed by atoms with van der Waals surface area (Å²) in [7, 11) is 0. The topological polar surface area (TPSA) is 79.9 Å². The van der Waals surface area contributed by atoms with Gasteiger partial charge in [0.15, 0.2) is 0 Å². The maximum atomic E-state index is 13.4. The van der Waals surface area contributed by atoms with Crippen molar-refractivity contribution in [3.05, 3.63) is 29.8 Å². The Morgan fingerprint density at radius 3 is 2.62 bits per heavy atom. The van der Waals surface area contributed by atoms with E-state index in [1.54, 1.807) is 6.92 Å². The number of ether oxygens (including phenoxy) is 2. The fourth-order valence-corrected chi connectivity index (χ4v) is 4.63. The molecule has 0 unspecified atom stereocenters. The minimum absolute atomic E-state index is 0.0208. The molecule has 2 fully saturated rings. The van der Waals surface area contributed by atoms with Gasteiger partial charge in [0, 0.05) is 31.9 Å². The van der Waals surface area contributed by atoms with Crippen molar-refractivity contribution in [1.29, 1.82) is 0 Å². The van der Waals surface area contributed by atoms with Gasteiger partial charge in [-0.2, -0.15) is 0 Å². The number of nitrogens with one attached hydrogen (secondary N) is 2. The van der Waals surface area contributed by atoms with Gasteiger partial charge < -0.3 is 20.1 Å². The number of para-hydroxylation sites is 1. The van der Waals surface area contributed by atoms with Crippen LogP contribution in [0, 0.1) is 5.41 Å². The van der Waals surface area contributed by atoms with Crippen LogP contribution in [0.4, 0.5) is 0 Å². The predicted molar refractivity (Wildman–Crippen MR) is 124 cm³/mol. The molecule has 2 saturated heterocycles. The van der Waals surface area contributed by atoms with E-state index in [0.717, 1.165) is 63.9 Å². The lowest BCUT2D eigenvalue weighted by atomic mass is 9.73. The molecule has 1 spiro atoms. The highest BCUT2D eigenvalue weighted by molar-refractivity contribution is 5.89. The Bertz CT molecular complexity index is 746. The second-order valence-corrected chi connectivity index (χ2v) is 9.01. The average Bonchev–Trinajstić information content (AvgIpc) is 2.79. The van der Waals surface area contributed by atoms with Gasteiger partial charge in [-0.3, -0.25) is 14.5 Å². The van der Waals surface area contributed by atoms with Crippen LogP contribution in [0.1, 0.15) is 57.9 Å². The van der Waals surface area contributed by atoms with Crippen LogP contribution in [-0.4, -0.2) is 62.2 Å². The number of benzene rings is 1. The highest BCUT2D eigenvalue weighted by Crippen LogP contribution is 2.38. The van der Waals surface area contributed by atoms with Crippen molar-refractivity contribution in [3.8, 4) is 5.75 Å². The Kier molecular flexibility index (Phi) is 9.36. The van der Waals surface area contributed by atoms with Gasteiger partial charge >= 0.3 is 0 Å². The number of carbonyl (C=O) groups is 2. The molecule has 1 atom stereocenters. The third kappa shape index (κ3) is 6.69. The van der Waals surface area contributed by atoms with Gasteiger partial charge in [0.05, 0.1) is 12.0 Å². The summed E-state index contributed by atoms with van der Waals surface area (Å²) in [6, 6.07) is 7.65. The summed E-state index contributed by atoms with van der Waals surface area (Å²) in [6.07, 6.45) is 5.14. The first-order valence-electron chi connectivity index (χ1n) is 12.1. The molecule has 2 N–H and O–H groups in total. The van der Waals surface area contributed by atoms with E-state index in [4.69, 9.17) is 9.47 Å². The Balaban J connectivity index is 1.65. The van der Waals surface area contributed by atoms with E-state index in [-0.39, 0.29) is 11.8 Å². The average molecular weight is 446 g/mol. The number of hydrogen-bond donors (Lipinski definition) is 2. The smallest absolute Gasteiger partial charge is 0.242 e. The van der Waals surface area contributed by atoms with Crippen LogP contribution in [-0.2, 0) is 20.9 Å². The summed E-state index contributed by atoms with van der Waals surface area (Å²) in [5.41, 5.74) is 0.761. The third-order valence-corrected chi connectivity index (χ3v) is 6.66. The summed E-state index contributed by atoms with van der Waals surface area (Å²) in [5, 5.41) is 5.91. The van der Waals surface area contributed by atoms with Crippen molar-refractivity contribution in [3.63, 3.8) is 0 Å². The molecule has 2 heterocycles. The third-order valence-electron chi connectivity index (χ3n) is 6.66. The zero-order chi connectivity index (χ0) is 22.8. The fourth-order valence-electron chi connectivity index (χ4n) is 4.63. The highest BCUT2D eigenvalue weighted by Gasteiger charge is 2.41. The Morgan fingerprint density at radius 1 is 1.09 bits per heavy atom. The van der Waals surface area contributed by atoms with Crippen LogP contribution in [0.5, 0.6) is 5.75 Å². The number of hydrogen-bond acceptors (Lipinski definition) is 5. The Morgan fingerprint density at radius 2 is 1.84 bits per heavy atom. The molecule has 2 amide bonds. The lowest BCUT2D eigenvalue weighted by Gasteiger charge is -2.41. The van der Waals surface area contributed by atoms with E-state index in [9.17, 15) is 9.59 Å². The van der Waals surface area contributed by atoms with E-state index < -0.39 is 11.5 Å². The number of amides is 2. The van der Waals surface area contributed by atoms with E-state index in [1.165, 1.54) is 5.56 Å². The molecule has 0 aromatic heterocycles. The molecule has 1 aromatic rings. The van der Waals surface area contributed by atoms with Gasteiger partial charge in [-0.1, -0.05) is 24.6 Å². The van der Waals surface area contributed by atoms with Crippen LogP contribution in [0.15, 0.2) is 24.3 Å². The van der Waals surface area contributed by atoms with Gasteiger partial charge in [0.2, 0.25) is 11.8 Å². The van der Waals surface area contributed by atoms with E-state index >= 15 is 0 Å². The molecule has 0 aliphatic carbocycles. The van der Waals surface area contributed by atoms with Gasteiger partial charge in [-0.15, -0.1) is 0 Å². The molecule has 178 valence electrons. The molecule has 2 aliphatic heterocycles. The van der Waals surface area contributed by atoms with Crippen molar-refractivity contribution in [2.24, 2.45) is 5.41 Å². The zero-order valence-corrected chi connectivity index (χ0v) is 19.7. The molecular weight excluding hydrogens is 406 g/mol. The van der Waals surface area contributed by atoms with Crippen molar-refractivity contribution in [2.75, 3.05) is 39.5 Å². The second kappa shape index (κ2) is 12.2. The largest absolute Gasteiger partial charge is 0.494 e. The van der Waals surface area contributed by atoms with Crippen molar-refractivity contribution in [1.82, 2.24) is 15.5 Å². The molecule has 0 radical (unpaired) electrons. The minimum atomic E-state index is -0.528. The first-order valence-corrected chi connectivity index (χ1v) is 12.1. The first-order chi connectivity index (χ1) is 15.5. The summed E-state index contributed by atoms with van der Waals surface area (Å²) in [5.74, 6) is 0.828. The highest BCUT2D eigenvalue weighted by atomic mass is 16.5. The maximum absolute atomic E-state index is 13.4. The molecule has 0 bridgehead atoms. The van der Waals surface area contributed by atoms with Crippen LogP contribution in [0.25, 0.3) is 0 Å². The lowest BCUT2D eigenvalue weighted by molar-refractivity contribution is -0.138. The number of rotatable bonds is 4. The van der Waals surface area contributed by atoms with Gasteiger partial charge in [0.1, 0.15) is 11.8 Å². The molecule has 3 rings (SSSR count). The first kappa shape index (κ1) is 24.5. The van der Waals surface area contributed by atoms with E-state index in [2.05, 4.69) is 21.6 Å². The van der Waals surface area contributed by atoms with Crippen LogP contribution in [0.2, 0.25) is 0 Å². The molecule has 1 aromatic carbocycles. The number of carbonyl (C=O) groups excluding carboxylic acids is 2. The summed E-state index contributed by atoms with van der Waals surface area (Å²) in [4.78, 5) is 28.1. The number of likely N-dealkylation sites (tertiary alicyclic amines) is 1. The van der Waals surface area contributed by atoms with Crippen molar-refractivity contribution in [2.45, 2.75) is 65.0 Å². The van der Waals surface area contributed by atoms with E-state index in [0.29, 0.717) is 26.4 Å². The van der Waals surface area contributed by atoms with Crippen molar-refractivity contribution >= 4 is 11.8 Å². The van der Waals surface area contributed by atoms with Gasteiger partial charge in [-0.25, -0.2) is 0 Å². The summed E-state index contributed by atoms with van der Waals surface area (Å²) < 4.78 is 11.5. The molecule has 2 aliphatic rings. The SMILES string of the molecule is CCOc1ccccc1CN1CCC2(CCCCOCCCNC(=O)[C@H](C)NC2=O)CC1. The second-order valence-electron chi connectivity index (χ2n) is 9.01. The predicted octanol–water partition coefficient (Wildman–Crippen LogP) is 2.88. The molecule has 0 saturated carbocycles. The van der Waals surface area contributed by atoms with Crippen LogP contribution < -0.4 is 15.4 Å². The fraction of sp³-hybridized carbons (Fsp3) is 0.680. The van der Waals surface area contributed by atoms with Crippen molar-refractivity contribution < 1.29 is 19.1 Å². The Hall–Kier alpha value is -2.12. The van der Waals surface area contributed by atoms with Crippen LogP contribution in [0.3, 0.4) is 0 Å². The normalized spacial score (nSPS) is 23.8. The summed E-state index contributed by atoms with van der Waals surface area (Å²) >= 11 is 0. The maximum Gasteiger partial charge on any atom is 0.242 e. The molecular formula is C25H39N3O4. The molecule has 7 heteroatoms. The Labute approximate surface area is 192 Å². The quantitative estimate of drug-likeness (QED) is 0.745. The number of piperidine rings is 1. The molecule has 32 heavy (non-hydrogen) atoms. The van der Waals surface area contributed by atoms with Crippen LogP contribution >= 0.6 is 0 Å². The summed E-state index contributed by atoms with van der Waals surface area (Å²) in [6.45, 7) is 8.88. The monoisotopic (exact) mass is 445 g/mol. The van der Waals surface area contributed by atoms with Gasteiger partial charge in [0.25, 0.3) is 0 Å². The van der Waals surface area contributed by atoms with Gasteiger partial charge in [-0.05, 0) is 65.1 Å².